The van der Waals surface area contributed by atoms with Crippen molar-refractivity contribution in [1.82, 2.24) is 10.2 Å². The number of anilines is 1. The lowest BCUT2D eigenvalue weighted by Gasteiger charge is -2.43. The summed E-state index contributed by atoms with van der Waals surface area (Å²) in [5.74, 6) is 0.713. The van der Waals surface area contributed by atoms with E-state index in [-0.39, 0.29) is 11.9 Å². The van der Waals surface area contributed by atoms with E-state index in [0.717, 1.165) is 38.9 Å². The molecule has 3 aliphatic rings. The second-order valence-electron chi connectivity index (χ2n) is 8.67. The van der Waals surface area contributed by atoms with Crippen LogP contribution >= 0.6 is 0 Å². The fraction of sp³-hybridized carbons (Fsp3) is 0.636. The van der Waals surface area contributed by atoms with Crippen molar-refractivity contribution in [3.8, 4) is 5.75 Å². The Labute approximate surface area is 172 Å². The molecular formula is C22H33N4O3+. The van der Waals surface area contributed by atoms with Gasteiger partial charge in [-0.15, -0.1) is 0 Å². The Balaban J connectivity index is 1.47. The average molecular weight is 402 g/mol. The first-order valence-corrected chi connectivity index (χ1v) is 11.0. The number of nitrogens with one attached hydrogen (secondary N) is 3. The smallest absolute Gasteiger partial charge is 0.320 e. The van der Waals surface area contributed by atoms with Crippen molar-refractivity contribution in [2.24, 2.45) is 0 Å². The predicted molar refractivity (Wildman–Crippen MR) is 111 cm³/mol. The van der Waals surface area contributed by atoms with Gasteiger partial charge in [-0.05, 0) is 25.0 Å². The first kappa shape index (κ1) is 20.0. The van der Waals surface area contributed by atoms with Crippen molar-refractivity contribution in [1.29, 1.82) is 0 Å². The summed E-state index contributed by atoms with van der Waals surface area (Å²) in [5, 5.41) is 5.96. The molecule has 0 radical (unpaired) electrons. The number of carbonyl (C=O) groups is 2. The molecule has 1 aromatic rings. The number of amides is 3. The molecule has 3 fully saturated rings. The first-order valence-electron chi connectivity index (χ1n) is 11.0. The Kier molecular flexibility index (Phi) is 5.94. The maximum Gasteiger partial charge on any atom is 0.320 e. The highest BCUT2D eigenvalue weighted by Gasteiger charge is 2.46. The minimum atomic E-state index is -0.791. The van der Waals surface area contributed by atoms with E-state index in [1.54, 1.807) is 24.1 Å². The van der Waals surface area contributed by atoms with E-state index >= 15 is 0 Å². The van der Waals surface area contributed by atoms with Gasteiger partial charge in [-0.2, -0.15) is 0 Å². The highest BCUT2D eigenvalue weighted by Crippen LogP contribution is 2.31. The van der Waals surface area contributed by atoms with Crippen molar-refractivity contribution < 1.29 is 19.2 Å². The van der Waals surface area contributed by atoms with Gasteiger partial charge >= 0.3 is 6.03 Å². The number of para-hydroxylation sites is 2. The van der Waals surface area contributed by atoms with Gasteiger partial charge in [-0.1, -0.05) is 31.4 Å². The summed E-state index contributed by atoms with van der Waals surface area (Å²) in [7, 11) is 1.58. The van der Waals surface area contributed by atoms with E-state index in [4.69, 9.17) is 4.74 Å². The molecule has 2 heterocycles. The van der Waals surface area contributed by atoms with E-state index in [2.05, 4.69) is 10.6 Å². The van der Waals surface area contributed by atoms with Gasteiger partial charge in [0.05, 0.1) is 39.0 Å². The summed E-state index contributed by atoms with van der Waals surface area (Å²) in [6.07, 6.45) is 6.93. The quantitative estimate of drug-likeness (QED) is 0.714. The standard InChI is InChI=1S/C22H32N4O3/c1-29-19-10-4-3-9-18(19)23-21(28)24-22(11-5-2-6-12-22)20(27)26-15-14-25-13-7-8-17(25)16-26/h3-4,9-10,17H,2,5-8,11-16H2,1H3,(H2,23,24,28)/p+1/t17-/m1/s1. The Morgan fingerprint density at radius 2 is 1.93 bits per heavy atom. The number of nitrogens with zero attached hydrogens (tertiary/aromatic N) is 1. The van der Waals surface area contributed by atoms with Crippen LogP contribution in [0.5, 0.6) is 5.75 Å². The van der Waals surface area contributed by atoms with Gasteiger partial charge in [0.2, 0.25) is 5.91 Å². The van der Waals surface area contributed by atoms with Crippen molar-refractivity contribution in [2.75, 3.05) is 38.6 Å². The first-order chi connectivity index (χ1) is 14.1. The zero-order chi connectivity index (χ0) is 20.3. The molecule has 1 aliphatic carbocycles. The summed E-state index contributed by atoms with van der Waals surface area (Å²) in [4.78, 5) is 30.2. The van der Waals surface area contributed by atoms with Gasteiger partial charge in [-0.25, -0.2) is 4.79 Å². The normalized spacial score (nSPS) is 25.8. The van der Waals surface area contributed by atoms with E-state index in [1.807, 2.05) is 17.0 Å². The number of hydrogen-bond donors (Lipinski definition) is 3. The molecule has 1 unspecified atom stereocenters. The Bertz CT molecular complexity index is 747. The van der Waals surface area contributed by atoms with E-state index in [0.29, 0.717) is 30.3 Å². The maximum absolute atomic E-state index is 13.6. The van der Waals surface area contributed by atoms with Crippen LogP contribution in [0.1, 0.15) is 44.9 Å². The molecule has 1 aromatic carbocycles. The van der Waals surface area contributed by atoms with Crippen LogP contribution in [0.2, 0.25) is 0 Å². The van der Waals surface area contributed by atoms with Crippen molar-refractivity contribution in [2.45, 2.75) is 56.5 Å². The lowest BCUT2D eigenvalue weighted by molar-refractivity contribution is -0.916. The molecule has 4 rings (SSSR count). The van der Waals surface area contributed by atoms with Gasteiger partial charge < -0.3 is 25.2 Å². The molecule has 7 heteroatoms. The number of fused-ring (bicyclic) bond motifs is 1. The lowest BCUT2D eigenvalue weighted by atomic mass is 9.80. The minimum Gasteiger partial charge on any atom is -0.495 e. The molecule has 0 spiro atoms. The number of methoxy groups -OCH3 is 1. The highest BCUT2D eigenvalue weighted by molar-refractivity contribution is 5.97. The van der Waals surface area contributed by atoms with Crippen LogP contribution in [0.25, 0.3) is 0 Å². The summed E-state index contributed by atoms with van der Waals surface area (Å²) in [5.41, 5.74) is -0.186. The zero-order valence-corrected chi connectivity index (χ0v) is 17.3. The number of ether oxygens (including phenoxy) is 1. The Hall–Kier alpha value is -2.28. The van der Waals surface area contributed by atoms with E-state index < -0.39 is 5.54 Å². The van der Waals surface area contributed by atoms with Gasteiger partial charge in [0, 0.05) is 12.8 Å². The van der Waals surface area contributed by atoms with Gasteiger partial charge in [0.25, 0.3) is 0 Å². The summed E-state index contributed by atoms with van der Waals surface area (Å²) >= 11 is 0. The molecule has 0 bridgehead atoms. The average Bonchev–Trinajstić information content (AvgIpc) is 3.22. The zero-order valence-electron chi connectivity index (χ0n) is 17.3. The molecule has 2 aliphatic heterocycles. The number of rotatable bonds is 4. The summed E-state index contributed by atoms with van der Waals surface area (Å²) in [6, 6.07) is 7.55. The van der Waals surface area contributed by atoms with Crippen LogP contribution in [0.15, 0.2) is 24.3 Å². The van der Waals surface area contributed by atoms with Crippen LogP contribution < -0.4 is 20.3 Å². The second kappa shape index (κ2) is 8.61. The molecule has 2 atom stereocenters. The predicted octanol–water partition coefficient (Wildman–Crippen LogP) is 1.41. The largest absolute Gasteiger partial charge is 0.495 e. The van der Waals surface area contributed by atoms with Crippen molar-refractivity contribution in [3.05, 3.63) is 24.3 Å². The van der Waals surface area contributed by atoms with Gasteiger partial charge in [0.15, 0.2) is 0 Å². The Morgan fingerprint density at radius 1 is 1.14 bits per heavy atom. The number of carbonyl (C=O) groups excluding carboxylic acids is 2. The molecule has 7 nitrogen and oxygen atoms in total. The third-order valence-corrected chi connectivity index (χ3v) is 6.88. The number of urea groups is 1. The SMILES string of the molecule is COc1ccccc1NC(=O)NC1(C(=O)N2CC[NH+]3CCC[C@@H]3C2)CCCCC1. The second-order valence-corrected chi connectivity index (χ2v) is 8.67. The van der Waals surface area contributed by atoms with Crippen LogP contribution in [-0.4, -0.2) is 61.7 Å². The summed E-state index contributed by atoms with van der Waals surface area (Å²) < 4.78 is 5.32. The van der Waals surface area contributed by atoms with Crippen LogP contribution in [-0.2, 0) is 4.79 Å². The molecular weight excluding hydrogens is 368 g/mol. The van der Waals surface area contributed by atoms with Gasteiger partial charge in [-0.3, -0.25) is 4.79 Å². The third kappa shape index (κ3) is 4.20. The van der Waals surface area contributed by atoms with Crippen molar-refractivity contribution >= 4 is 17.6 Å². The third-order valence-electron chi connectivity index (χ3n) is 6.88. The number of hydrogen-bond acceptors (Lipinski definition) is 3. The lowest BCUT2D eigenvalue weighted by Crippen LogP contribution is -3.16. The van der Waals surface area contributed by atoms with E-state index in [9.17, 15) is 9.59 Å². The fourth-order valence-electron chi connectivity index (χ4n) is 5.32. The number of quaternary nitrogens is 1. The number of benzene rings is 1. The van der Waals surface area contributed by atoms with Crippen LogP contribution in [0, 0.1) is 0 Å². The topological polar surface area (TPSA) is 75.1 Å². The molecule has 29 heavy (non-hydrogen) atoms. The van der Waals surface area contributed by atoms with Crippen LogP contribution in [0.4, 0.5) is 10.5 Å². The molecule has 0 aromatic heterocycles. The minimum absolute atomic E-state index is 0.110. The molecule has 158 valence electrons. The molecule has 3 amide bonds. The monoisotopic (exact) mass is 401 g/mol. The van der Waals surface area contributed by atoms with Gasteiger partial charge in [0.1, 0.15) is 17.3 Å². The summed E-state index contributed by atoms with van der Waals surface area (Å²) in [6.45, 7) is 3.88. The van der Waals surface area contributed by atoms with E-state index in [1.165, 1.54) is 19.4 Å². The molecule has 2 saturated heterocycles. The Morgan fingerprint density at radius 3 is 2.72 bits per heavy atom. The van der Waals surface area contributed by atoms with Crippen molar-refractivity contribution in [3.63, 3.8) is 0 Å². The fourth-order valence-corrected chi connectivity index (χ4v) is 5.32. The number of piperazine rings is 1. The molecule has 3 N–H and O–H groups in total. The van der Waals surface area contributed by atoms with Crippen LogP contribution in [0.3, 0.4) is 0 Å². The molecule has 1 saturated carbocycles. The highest BCUT2D eigenvalue weighted by atomic mass is 16.5. The maximum atomic E-state index is 13.6.